The lowest BCUT2D eigenvalue weighted by Crippen LogP contribution is -2.61. The van der Waals surface area contributed by atoms with E-state index in [4.69, 9.17) is 0 Å². The lowest BCUT2D eigenvalue weighted by molar-refractivity contribution is 0.382. The molecule has 0 atom stereocenters. The Hall–Kier alpha value is -4.39. The molecule has 0 amide bonds. The third-order valence-corrected chi connectivity index (χ3v) is 12.3. The van der Waals surface area contributed by atoms with Crippen LogP contribution in [0.15, 0.2) is 24.3 Å². The van der Waals surface area contributed by atoms with E-state index in [2.05, 4.69) is 0 Å². The maximum absolute atomic E-state index is 16.7. The summed E-state index contributed by atoms with van der Waals surface area (Å²) in [5.74, 6) is -39.4. The van der Waals surface area contributed by atoms with E-state index in [1.54, 1.807) is 65.8 Å². The highest BCUT2D eigenvalue weighted by Gasteiger charge is 2.48. The van der Waals surface area contributed by atoms with E-state index in [1.165, 1.54) is 0 Å². The van der Waals surface area contributed by atoms with Crippen LogP contribution in [0.1, 0.15) is 33.4 Å². The molecule has 0 saturated carbocycles. The third-order valence-electron chi connectivity index (χ3n) is 8.75. The molecule has 272 valence electrons. The first-order chi connectivity index (χ1) is 24.1. The van der Waals surface area contributed by atoms with Gasteiger partial charge < -0.3 is 0 Å². The van der Waals surface area contributed by atoms with Crippen LogP contribution in [0.5, 0.6) is 0 Å². The van der Waals surface area contributed by atoms with Crippen LogP contribution in [0, 0.1) is 123 Å². The van der Waals surface area contributed by atoms with Gasteiger partial charge in [0.15, 0.2) is 75.1 Å². The van der Waals surface area contributed by atoms with E-state index in [9.17, 15) is 26.3 Å². The Bertz CT molecular complexity index is 2080. The number of halogens is 14. The van der Waals surface area contributed by atoms with E-state index in [-0.39, 0.29) is 10.6 Å². The lowest BCUT2D eigenvalue weighted by Gasteiger charge is -2.24. The van der Waals surface area contributed by atoms with Gasteiger partial charge in [-0.1, -0.05) is 35.4 Å². The SMILES string of the molecule is Cc1cc(C)c([PH+](c2c(C)cc(C)cc2C)c2c(F)c(F)c(B(c3c(F)c(F)c(F)c(F)c3F)c3c(F)c(F)c(F)c(F)c3F)c(F)c2F)c(C)c1. The Kier molecular flexibility index (Phi) is 10.4. The molecular weight excluding hydrogens is 740 g/mol. The average Bonchev–Trinajstić information content (AvgIpc) is 3.06. The van der Waals surface area contributed by atoms with Crippen LogP contribution >= 0.6 is 7.92 Å². The summed E-state index contributed by atoms with van der Waals surface area (Å²) >= 11 is 0. The maximum Gasteiger partial charge on any atom is 0.265 e. The molecule has 0 spiro atoms. The van der Waals surface area contributed by atoms with Gasteiger partial charge in [-0.05, 0) is 63.8 Å². The second-order valence-electron chi connectivity index (χ2n) is 12.4. The fourth-order valence-corrected chi connectivity index (χ4v) is 10.1. The highest BCUT2D eigenvalue weighted by Crippen LogP contribution is 2.41. The van der Waals surface area contributed by atoms with Crippen molar-refractivity contribution in [2.45, 2.75) is 41.5 Å². The molecule has 0 radical (unpaired) electrons. The molecule has 0 heterocycles. The van der Waals surface area contributed by atoms with Crippen LogP contribution in [-0.4, -0.2) is 6.71 Å². The number of rotatable bonds is 6. The monoisotopic (exact) mass is 763 g/mol. The molecule has 0 fully saturated rings. The van der Waals surface area contributed by atoms with Crippen molar-refractivity contribution in [2.24, 2.45) is 0 Å². The fourth-order valence-electron chi connectivity index (χ4n) is 6.83. The van der Waals surface area contributed by atoms with Gasteiger partial charge in [0.2, 0.25) is 11.6 Å². The summed E-state index contributed by atoms with van der Waals surface area (Å²) in [6.45, 7) is 5.74. The molecule has 0 saturated heterocycles. The molecular formula is C36H23BF14P+. The summed E-state index contributed by atoms with van der Waals surface area (Å²) in [4.78, 5) is 0. The molecule has 5 aromatic rings. The highest BCUT2D eigenvalue weighted by molar-refractivity contribution is 7.80. The summed E-state index contributed by atoms with van der Waals surface area (Å²) in [6.07, 6.45) is 0. The van der Waals surface area contributed by atoms with Crippen molar-refractivity contribution in [3.05, 3.63) is 139 Å². The Morgan fingerprint density at radius 2 is 0.519 bits per heavy atom. The topological polar surface area (TPSA) is 0 Å². The molecule has 16 heteroatoms. The molecule has 0 aliphatic rings. The van der Waals surface area contributed by atoms with Gasteiger partial charge in [0.25, 0.3) is 6.71 Å². The summed E-state index contributed by atoms with van der Waals surface area (Å²) in [7, 11) is -3.24. The Balaban J connectivity index is 2.01. The molecule has 0 aliphatic heterocycles. The summed E-state index contributed by atoms with van der Waals surface area (Å²) < 4.78 is 213. The van der Waals surface area contributed by atoms with Gasteiger partial charge in [0.05, 0.1) is 0 Å². The van der Waals surface area contributed by atoms with Crippen LogP contribution in [-0.2, 0) is 0 Å². The van der Waals surface area contributed by atoms with Gasteiger partial charge in [0, 0.05) is 16.4 Å². The predicted molar refractivity (Wildman–Crippen MR) is 172 cm³/mol. The second-order valence-corrected chi connectivity index (χ2v) is 14.6. The van der Waals surface area contributed by atoms with E-state index in [1.807, 2.05) is 0 Å². The minimum Gasteiger partial charge on any atom is -0.204 e. The standard InChI is InChI=1S/C36H22BF14P/c1-11-7-13(3)34(14(4)8-11)52(35-15(5)9-12(2)10-16(35)6)36-32(50)24(42)19(25(43)33(36)51)37(17-20(38)26(44)30(48)27(45)21(17)39)18-22(40)28(46)31(49)29(47)23(18)41/h7-10H,1-6H3/p+1. The van der Waals surface area contributed by atoms with Crippen LogP contribution in [0.25, 0.3) is 0 Å². The number of aryl methyl sites for hydroxylation is 6. The van der Waals surface area contributed by atoms with Crippen LogP contribution < -0.4 is 32.3 Å². The Morgan fingerprint density at radius 3 is 0.769 bits per heavy atom. The summed E-state index contributed by atoms with van der Waals surface area (Å²) in [6, 6.07) is 6.46. The van der Waals surface area contributed by atoms with Crippen molar-refractivity contribution in [1.29, 1.82) is 0 Å². The molecule has 52 heavy (non-hydrogen) atoms. The number of hydrogen-bond acceptors (Lipinski definition) is 0. The van der Waals surface area contributed by atoms with E-state index >= 15 is 35.1 Å². The van der Waals surface area contributed by atoms with Gasteiger partial charge in [-0.2, -0.15) is 8.78 Å². The summed E-state index contributed by atoms with van der Waals surface area (Å²) in [5, 5.41) is -0.834. The van der Waals surface area contributed by atoms with Crippen LogP contribution in [0.2, 0.25) is 0 Å². The van der Waals surface area contributed by atoms with Crippen molar-refractivity contribution in [3.8, 4) is 0 Å². The lowest BCUT2D eigenvalue weighted by atomic mass is 9.36. The molecule has 0 unspecified atom stereocenters. The highest BCUT2D eigenvalue weighted by atomic mass is 31.1. The first-order valence-corrected chi connectivity index (χ1v) is 16.6. The minimum atomic E-state index is -3.88. The van der Waals surface area contributed by atoms with Crippen molar-refractivity contribution in [3.63, 3.8) is 0 Å². The first-order valence-electron chi connectivity index (χ1n) is 15.1. The van der Waals surface area contributed by atoms with Gasteiger partial charge in [-0.3, -0.25) is 0 Å². The van der Waals surface area contributed by atoms with Crippen molar-refractivity contribution < 1.29 is 61.5 Å². The number of benzene rings is 5. The maximum atomic E-state index is 16.7. The molecule has 0 aliphatic carbocycles. The Labute approximate surface area is 288 Å². The van der Waals surface area contributed by atoms with Crippen molar-refractivity contribution in [1.82, 2.24) is 0 Å². The molecule has 0 nitrogen and oxygen atoms in total. The van der Waals surface area contributed by atoms with Crippen molar-refractivity contribution in [2.75, 3.05) is 0 Å². The normalized spacial score (nSPS) is 11.6. The first kappa shape index (κ1) is 38.8. The van der Waals surface area contributed by atoms with E-state index < -0.39 is 118 Å². The minimum absolute atomic E-state index is 0.228. The van der Waals surface area contributed by atoms with Crippen molar-refractivity contribution >= 4 is 46.9 Å². The quantitative estimate of drug-likeness (QED) is 0.0554. The van der Waals surface area contributed by atoms with E-state index in [0.717, 1.165) is 0 Å². The van der Waals surface area contributed by atoms with Crippen LogP contribution in [0.3, 0.4) is 0 Å². The smallest absolute Gasteiger partial charge is 0.204 e. The zero-order chi connectivity index (χ0) is 39.0. The predicted octanol–water partition coefficient (Wildman–Crippen LogP) is 7.49. The molecule has 0 N–H and O–H groups in total. The number of hydrogen-bond donors (Lipinski definition) is 0. The van der Waals surface area contributed by atoms with Gasteiger partial charge in [-0.15, -0.1) is 0 Å². The molecule has 5 rings (SSSR count). The van der Waals surface area contributed by atoms with Gasteiger partial charge >= 0.3 is 0 Å². The zero-order valence-corrected chi connectivity index (χ0v) is 28.7. The van der Waals surface area contributed by atoms with E-state index in [0.29, 0.717) is 33.4 Å². The van der Waals surface area contributed by atoms with Gasteiger partial charge in [-0.25, -0.2) is 52.7 Å². The third kappa shape index (κ3) is 5.94. The zero-order valence-electron chi connectivity index (χ0n) is 27.7. The fraction of sp³-hybridized carbons (Fsp3) is 0.167. The van der Waals surface area contributed by atoms with Gasteiger partial charge in [0.1, 0.15) is 18.5 Å². The molecule has 0 aromatic heterocycles. The average molecular weight is 763 g/mol. The second kappa shape index (κ2) is 13.9. The Morgan fingerprint density at radius 1 is 0.308 bits per heavy atom. The summed E-state index contributed by atoms with van der Waals surface area (Å²) in [5.41, 5.74) is -4.54. The van der Waals surface area contributed by atoms with Crippen LogP contribution in [0.4, 0.5) is 61.5 Å². The molecule has 5 aromatic carbocycles. The largest absolute Gasteiger partial charge is 0.265 e. The molecule has 0 bridgehead atoms.